The molecule has 0 bridgehead atoms. The third-order valence-corrected chi connectivity index (χ3v) is 2.81. The van der Waals surface area contributed by atoms with E-state index < -0.39 is 0 Å². The molecule has 0 radical (unpaired) electrons. The largest absolute Gasteiger partial charge is 0.436 e. The van der Waals surface area contributed by atoms with Crippen molar-refractivity contribution in [3.8, 4) is 11.6 Å². The maximum Gasteiger partial charge on any atom is 0.238 e. The van der Waals surface area contributed by atoms with Gasteiger partial charge in [-0.1, -0.05) is 11.6 Å². The molecule has 0 amide bonds. The van der Waals surface area contributed by atoms with Crippen LogP contribution < -0.4 is 10.1 Å². The topological polar surface area (TPSA) is 47.0 Å². The van der Waals surface area contributed by atoms with Gasteiger partial charge in [0.05, 0.1) is 6.20 Å². The first-order valence-electron chi connectivity index (χ1n) is 6.41. The van der Waals surface area contributed by atoms with Crippen LogP contribution >= 0.6 is 11.6 Å². The monoisotopic (exact) mass is 291 g/mol. The number of hydrogen-bond donors (Lipinski definition) is 1. The lowest BCUT2D eigenvalue weighted by atomic mass is 10.1. The summed E-state index contributed by atoms with van der Waals surface area (Å²) in [6, 6.07) is 5.46. The highest BCUT2D eigenvalue weighted by atomic mass is 35.5. The highest BCUT2D eigenvalue weighted by molar-refractivity contribution is 6.31. The SMILES string of the molecule is CC(C)(C)NCc1cnc(Oc2cccnc2)c(Cl)c1. The summed E-state index contributed by atoms with van der Waals surface area (Å²) in [5, 5.41) is 3.87. The van der Waals surface area contributed by atoms with Crippen LogP contribution in [0.5, 0.6) is 11.6 Å². The van der Waals surface area contributed by atoms with Crippen LogP contribution in [0.2, 0.25) is 5.02 Å². The molecule has 0 aliphatic carbocycles. The molecule has 5 heteroatoms. The normalized spacial score (nSPS) is 11.4. The van der Waals surface area contributed by atoms with Gasteiger partial charge in [0.1, 0.15) is 10.8 Å². The maximum atomic E-state index is 6.19. The minimum absolute atomic E-state index is 0.0529. The van der Waals surface area contributed by atoms with Crippen molar-refractivity contribution in [2.45, 2.75) is 32.9 Å². The van der Waals surface area contributed by atoms with E-state index in [1.54, 1.807) is 30.7 Å². The number of nitrogens with one attached hydrogen (secondary N) is 1. The highest BCUT2D eigenvalue weighted by Crippen LogP contribution is 2.27. The van der Waals surface area contributed by atoms with E-state index in [0.717, 1.165) is 5.56 Å². The lowest BCUT2D eigenvalue weighted by Gasteiger charge is -2.20. The summed E-state index contributed by atoms with van der Waals surface area (Å²) in [5.74, 6) is 1.00. The average Bonchev–Trinajstić information content (AvgIpc) is 2.40. The van der Waals surface area contributed by atoms with Crippen molar-refractivity contribution in [2.24, 2.45) is 0 Å². The van der Waals surface area contributed by atoms with E-state index in [2.05, 4.69) is 36.1 Å². The molecule has 20 heavy (non-hydrogen) atoms. The van der Waals surface area contributed by atoms with Crippen LogP contribution in [0.15, 0.2) is 36.8 Å². The Morgan fingerprint density at radius 1 is 1.30 bits per heavy atom. The Kier molecular flexibility index (Phi) is 4.57. The standard InChI is InChI=1S/C15H18ClN3O/c1-15(2,3)19-9-11-7-13(16)14(18-8-11)20-12-5-4-6-17-10-12/h4-8,10,19H,9H2,1-3H3. The van der Waals surface area contributed by atoms with E-state index in [-0.39, 0.29) is 5.54 Å². The van der Waals surface area contributed by atoms with Crippen molar-refractivity contribution >= 4 is 11.6 Å². The lowest BCUT2D eigenvalue weighted by molar-refractivity contribution is 0.423. The summed E-state index contributed by atoms with van der Waals surface area (Å²) < 4.78 is 5.58. The molecule has 2 heterocycles. The molecule has 1 N–H and O–H groups in total. The summed E-state index contributed by atoms with van der Waals surface area (Å²) in [4.78, 5) is 8.23. The second kappa shape index (κ2) is 6.20. The molecule has 2 aromatic rings. The molecule has 0 saturated carbocycles. The molecule has 4 nitrogen and oxygen atoms in total. The molecule has 0 aliphatic heterocycles. The van der Waals surface area contributed by atoms with E-state index >= 15 is 0 Å². The van der Waals surface area contributed by atoms with Crippen LogP contribution in [-0.2, 0) is 6.54 Å². The fourth-order valence-electron chi connectivity index (χ4n) is 1.52. The number of hydrogen-bond acceptors (Lipinski definition) is 4. The second-order valence-corrected chi connectivity index (χ2v) is 5.93. The Hall–Kier alpha value is -1.65. The van der Waals surface area contributed by atoms with Gasteiger partial charge in [0.2, 0.25) is 5.88 Å². The zero-order valence-electron chi connectivity index (χ0n) is 11.9. The number of nitrogens with zero attached hydrogens (tertiary/aromatic N) is 2. The van der Waals surface area contributed by atoms with Gasteiger partial charge in [-0.2, -0.15) is 0 Å². The van der Waals surface area contributed by atoms with Gasteiger partial charge in [-0.05, 0) is 44.5 Å². The number of pyridine rings is 2. The Balaban J connectivity index is 2.06. The number of aromatic nitrogens is 2. The molecule has 0 fully saturated rings. The van der Waals surface area contributed by atoms with Crippen molar-refractivity contribution in [3.05, 3.63) is 47.4 Å². The van der Waals surface area contributed by atoms with Gasteiger partial charge in [0.15, 0.2) is 0 Å². The third-order valence-electron chi connectivity index (χ3n) is 2.54. The average molecular weight is 292 g/mol. The van der Waals surface area contributed by atoms with Crippen LogP contribution in [0.3, 0.4) is 0 Å². The fraction of sp³-hybridized carbons (Fsp3) is 0.333. The fourth-order valence-corrected chi connectivity index (χ4v) is 1.75. The van der Waals surface area contributed by atoms with Crippen LogP contribution in [0, 0.1) is 0 Å². The molecule has 0 spiro atoms. The Bertz CT molecular complexity index is 567. The molecular weight excluding hydrogens is 274 g/mol. The van der Waals surface area contributed by atoms with E-state index in [4.69, 9.17) is 16.3 Å². The molecule has 0 saturated heterocycles. The van der Waals surface area contributed by atoms with Crippen LogP contribution in [-0.4, -0.2) is 15.5 Å². The summed E-state index contributed by atoms with van der Waals surface area (Å²) in [7, 11) is 0. The Morgan fingerprint density at radius 2 is 2.10 bits per heavy atom. The smallest absolute Gasteiger partial charge is 0.238 e. The van der Waals surface area contributed by atoms with E-state index in [0.29, 0.717) is 23.2 Å². The predicted octanol–water partition coefficient (Wildman–Crippen LogP) is 3.81. The molecule has 2 aromatic heterocycles. The summed E-state index contributed by atoms with van der Waals surface area (Å²) in [5.41, 5.74) is 1.07. The Labute approximate surface area is 124 Å². The third kappa shape index (κ3) is 4.47. The van der Waals surface area contributed by atoms with Gasteiger partial charge in [0, 0.05) is 24.5 Å². The van der Waals surface area contributed by atoms with Gasteiger partial charge < -0.3 is 10.1 Å². The molecular formula is C15H18ClN3O. The quantitative estimate of drug-likeness (QED) is 0.930. The van der Waals surface area contributed by atoms with Crippen molar-refractivity contribution < 1.29 is 4.74 Å². The first-order chi connectivity index (χ1) is 9.44. The van der Waals surface area contributed by atoms with E-state index in [9.17, 15) is 0 Å². The van der Waals surface area contributed by atoms with Crippen molar-refractivity contribution in [1.82, 2.24) is 15.3 Å². The second-order valence-electron chi connectivity index (χ2n) is 5.52. The lowest BCUT2D eigenvalue weighted by Crippen LogP contribution is -2.35. The van der Waals surface area contributed by atoms with Gasteiger partial charge in [-0.3, -0.25) is 4.98 Å². The highest BCUT2D eigenvalue weighted by Gasteiger charge is 2.10. The number of ether oxygens (including phenoxy) is 1. The van der Waals surface area contributed by atoms with Gasteiger partial charge in [-0.25, -0.2) is 4.98 Å². The van der Waals surface area contributed by atoms with Crippen LogP contribution in [0.1, 0.15) is 26.3 Å². The minimum Gasteiger partial charge on any atom is -0.436 e. The van der Waals surface area contributed by atoms with Gasteiger partial charge in [0.25, 0.3) is 0 Å². The van der Waals surface area contributed by atoms with Crippen molar-refractivity contribution in [1.29, 1.82) is 0 Å². The molecule has 0 atom stereocenters. The molecule has 0 aliphatic rings. The molecule has 2 rings (SSSR count). The first kappa shape index (κ1) is 14.8. The van der Waals surface area contributed by atoms with Crippen LogP contribution in [0.25, 0.3) is 0 Å². The molecule has 0 aromatic carbocycles. The van der Waals surface area contributed by atoms with Crippen molar-refractivity contribution in [3.63, 3.8) is 0 Å². The summed E-state index contributed by atoms with van der Waals surface area (Å²) in [6.45, 7) is 7.05. The van der Waals surface area contributed by atoms with Crippen LogP contribution in [0.4, 0.5) is 0 Å². The first-order valence-corrected chi connectivity index (χ1v) is 6.79. The number of halogens is 1. The molecule has 106 valence electrons. The minimum atomic E-state index is 0.0529. The van der Waals surface area contributed by atoms with E-state index in [1.807, 2.05) is 6.07 Å². The molecule has 0 unspecified atom stereocenters. The van der Waals surface area contributed by atoms with Crippen molar-refractivity contribution in [2.75, 3.05) is 0 Å². The predicted molar refractivity (Wildman–Crippen MR) is 80.2 cm³/mol. The number of rotatable bonds is 4. The zero-order valence-corrected chi connectivity index (χ0v) is 12.6. The van der Waals surface area contributed by atoms with Gasteiger partial charge >= 0.3 is 0 Å². The summed E-state index contributed by atoms with van der Waals surface area (Å²) >= 11 is 6.19. The summed E-state index contributed by atoms with van der Waals surface area (Å²) in [6.07, 6.45) is 5.06. The van der Waals surface area contributed by atoms with Gasteiger partial charge in [-0.15, -0.1) is 0 Å². The maximum absolute atomic E-state index is 6.19. The Morgan fingerprint density at radius 3 is 2.70 bits per heavy atom. The van der Waals surface area contributed by atoms with E-state index in [1.165, 1.54) is 0 Å². The zero-order chi connectivity index (χ0) is 14.6.